The van der Waals surface area contributed by atoms with Crippen LogP contribution in [0.25, 0.3) is 6.08 Å². The predicted molar refractivity (Wildman–Crippen MR) is 95.0 cm³/mol. The molecule has 22 heavy (non-hydrogen) atoms. The minimum Gasteiger partial charge on any atom is -0.268 e. The number of thiophene rings is 1. The van der Waals surface area contributed by atoms with Crippen LogP contribution in [-0.2, 0) is 11.3 Å². The smallest absolute Gasteiger partial charge is 0.268 e. The Labute approximate surface area is 149 Å². The number of thioether (sulfide) groups is 1. The molecular formula is C15H9BrClNO2S2. The van der Waals surface area contributed by atoms with Gasteiger partial charge in [0.25, 0.3) is 11.1 Å². The third-order valence-electron chi connectivity index (χ3n) is 2.99. The van der Waals surface area contributed by atoms with Crippen molar-refractivity contribution in [3.05, 3.63) is 60.6 Å². The topological polar surface area (TPSA) is 37.4 Å². The van der Waals surface area contributed by atoms with Crippen molar-refractivity contribution in [2.45, 2.75) is 6.54 Å². The quantitative estimate of drug-likeness (QED) is 0.631. The van der Waals surface area contributed by atoms with Crippen LogP contribution >= 0.6 is 50.6 Å². The Kier molecular flexibility index (Phi) is 4.73. The van der Waals surface area contributed by atoms with E-state index in [1.807, 2.05) is 23.6 Å². The Balaban J connectivity index is 1.79. The first-order valence-corrected chi connectivity index (χ1v) is 9.13. The second-order valence-electron chi connectivity index (χ2n) is 4.56. The maximum atomic E-state index is 12.4. The number of halogens is 2. The molecule has 1 aromatic heterocycles. The molecular weight excluding hydrogens is 406 g/mol. The zero-order valence-electron chi connectivity index (χ0n) is 11.1. The molecule has 7 heteroatoms. The molecule has 0 bridgehead atoms. The highest BCUT2D eigenvalue weighted by molar-refractivity contribution is 9.10. The average molecular weight is 415 g/mol. The van der Waals surface area contributed by atoms with Gasteiger partial charge in [0.2, 0.25) is 0 Å². The highest BCUT2D eigenvalue weighted by atomic mass is 79.9. The summed E-state index contributed by atoms with van der Waals surface area (Å²) in [6.07, 6.45) is 1.75. The molecule has 0 radical (unpaired) electrons. The van der Waals surface area contributed by atoms with Gasteiger partial charge in [-0.05, 0) is 57.5 Å². The molecule has 0 saturated carbocycles. The lowest BCUT2D eigenvalue weighted by Crippen LogP contribution is -2.27. The summed E-state index contributed by atoms with van der Waals surface area (Å²) in [5.41, 5.74) is 0.867. The molecule has 2 heterocycles. The fourth-order valence-corrected chi connectivity index (χ4v) is 4.35. The van der Waals surface area contributed by atoms with Crippen molar-refractivity contribution in [1.29, 1.82) is 0 Å². The van der Waals surface area contributed by atoms with Crippen LogP contribution in [0.3, 0.4) is 0 Å². The summed E-state index contributed by atoms with van der Waals surface area (Å²) in [6, 6.07) is 9.03. The number of amides is 2. The van der Waals surface area contributed by atoms with Crippen molar-refractivity contribution < 1.29 is 9.59 Å². The molecule has 112 valence electrons. The van der Waals surface area contributed by atoms with Crippen LogP contribution in [0.2, 0.25) is 5.02 Å². The maximum Gasteiger partial charge on any atom is 0.293 e. The van der Waals surface area contributed by atoms with Crippen molar-refractivity contribution in [3.8, 4) is 0 Å². The maximum absolute atomic E-state index is 12.4. The molecule has 0 unspecified atom stereocenters. The molecule has 3 nitrogen and oxygen atoms in total. The van der Waals surface area contributed by atoms with E-state index in [1.54, 1.807) is 18.2 Å². The second kappa shape index (κ2) is 6.58. The van der Waals surface area contributed by atoms with Gasteiger partial charge in [0.15, 0.2) is 0 Å². The molecule has 3 rings (SSSR count). The number of carbonyl (C=O) groups is 2. The first-order valence-electron chi connectivity index (χ1n) is 6.27. The predicted octanol–water partition coefficient (Wildman–Crippen LogP) is 5.40. The zero-order chi connectivity index (χ0) is 15.7. The van der Waals surface area contributed by atoms with Gasteiger partial charge in [0, 0.05) is 19.8 Å². The third kappa shape index (κ3) is 3.46. The van der Waals surface area contributed by atoms with Gasteiger partial charge in [-0.2, -0.15) is 0 Å². The molecule has 1 aliphatic heterocycles. The number of benzene rings is 1. The molecule has 1 aliphatic rings. The number of imide groups is 1. The summed E-state index contributed by atoms with van der Waals surface area (Å²) in [7, 11) is 0. The van der Waals surface area contributed by atoms with E-state index in [-0.39, 0.29) is 17.7 Å². The zero-order valence-corrected chi connectivity index (χ0v) is 15.1. The molecule has 0 aliphatic carbocycles. The van der Waals surface area contributed by atoms with Crippen molar-refractivity contribution in [2.24, 2.45) is 0 Å². The molecule has 1 fully saturated rings. The van der Waals surface area contributed by atoms with Gasteiger partial charge in [0.05, 0.1) is 11.4 Å². The lowest BCUT2D eigenvalue weighted by Gasteiger charge is -2.12. The van der Waals surface area contributed by atoms with Gasteiger partial charge in [-0.15, -0.1) is 11.3 Å². The lowest BCUT2D eigenvalue weighted by molar-refractivity contribution is -0.123. The SMILES string of the molecule is O=C1S/C(=C/c2cc(Br)cs2)C(=O)N1Cc1ccc(Cl)cc1. The standard InChI is InChI=1S/C15H9BrClNO2S2/c16-10-5-12(21-8-10)6-13-14(19)18(15(20)22-13)7-9-1-3-11(17)4-2-9/h1-6,8H,7H2/b13-6+. The molecule has 0 spiro atoms. The highest BCUT2D eigenvalue weighted by Gasteiger charge is 2.35. The number of rotatable bonds is 3. The molecule has 1 saturated heterocycles. The van der Waals surface area contributed by atoms with Gasteiger partial charge in [0.1, 0.15) is 0 Å². The summed E-state index contributed by atoms with van der Waals surface area (Å²) in [5.74, 6) is -0.255. The summed E-state index contributed by atoms with van der Waals surface area (Å²) < 4.78 is 0.962. The fourth-order valence-electron chi connectivity index (χ4n) is 1.94. The van der Waals surface area contributed by atoms with E-state index >= 15 is 0 Å². The molecule has 1 aromatic carbocycles. The van der Waals surface area contributed by atoms with Crippen LogP contribution in [0.4, 0.5) is 4.79 Å². The minimum atomic E-state index is -0.255. The first kappa shape index (κ1) is 15.8. The van der Waals surface area contributed by atoms with E-state index < -0.39 is 0 Å². The number of hydrogen-bond acceptors (Lipinski definition) is 4. The van der Waals surface area contributed by atoms with Gasteiger partial charge >= 0.3 is 0 Å². The fraction of sp³-hybridized carbons (Fsp3) is 0.0667. The van der Waals surface area contributed by atoms with E-state index in [1.165, 1.54) is 16.2 Å². The van der Waals surface area contributed by atoms with Crippen LogP contribution in [0.1, 0.15) is 10.4 Å². The van der Waals surface area contributed by atoms with Crippen molar-refractivity contribution in [1.82, 2.24) is 4.90 Å². The summed E-state index contributed by atoms with van der Waals surface area (Å²) >= 11 is 11.7. The van der Waals surface area contributed by atoms with Crippen molar-refractivity contribution in [3.63, 3.8) is 0 Å². The van der Waals surface area contributed by atoms with Gasteiger partial charge < -0.3 is 0 Å². The minimum absolute atomic E-state index is 0.248. The summed E-state index contributed by atoms with van der Waals surface area (Å²) in [4.78, 5) is 27.1. The normalized spacial score (nSPS) is 16.8. The highest BCUT2D eigenvalue weighted by Crippen LogP contribution is 2.34. The van der Waals surface area contributed by atoms with Crippen LogP contribution in [0.15, 0.2) is 45.1 Å². The Morgan fingerprint density at radius 3 is 2.59 bits per heavy atom. The van der Waals surface area contributed by atoms with Crippen molar-refractivity contribution in [2.75, 3.05) is 0 Å². The van der Waals surface area contributed by atoms with Crippen LogP contribution in [-0.4, -0.2) is 16.0 Å². The molecule has 2 amide bonds. The van der Waals surface area contributed by atoms with E-state index in [2.05, 4.69) is 15.9 Å². The van der Waals surface area contributed by atoms with Gasteiger partial charge in [-0.1, -0.05) is 23.7 Å². The van der Waals surface area contributed by atoms with E-state index in [4.69, 9.17) is 11.6 Å². The summed E-state index contributed by atoms with van der Waals surface area (Å²) in [5, 5.41) is 2.31. The molecule has 0 N–H and O–H groups in total. The largest absolute Gasteiger partial charge is 0.293 e. The van der Waals surface area contributed by atoms with E-state index in [0.717, 1.165) is 26.7 Å². The monoisotopic (exact) mass is 413 g/mol. The summed E-state index contributed by atoms with van der Waals surface area (Å²) in [6.45, 7) is 0.257. The number of nitrogens with zero attached hydrogens (tertiary/aromatic N) is 1. The Hall–Kier alpha value is -1.08. The van der Waals surface area contributed by atoms with Crippen LogP contribution in [0.5, 0.6) is 0 Å². The molecule has 2 aromatic rings. The number of hydrogen-bond donors (Lipinski definition) is 0. The van der Waals surface area contributed by atoms with E-state index in [9.17, 15) is 9.59 Å². The number of carbonyl (C=O) groups excluding carboxylic acids is 2. The van der Waals surface area contributed by atoms with Crippen molar-refractivity contribution >= 4 is 67.9 Å². The third-order valence-corrected chi connectivity index (χ3v) is 5.79. The van der Waals surface area contributed by atoms with Gasteiger partial charge in [-0.3, -0.25) is 14.5 Å². The van der Waals surface area contributed by atoms with Crippen LogP contribution < -0.4 is 0 Å². The van der Waals surface area contributed by atoms with Gasteiger partial charge in [-0.25, -0.2) is 0 Å². The molecule has 0 atom stereocenters. The Morgan fingerprint density at radius 2 is 1.95 bits per heavy atom. The Bertz CT molecular complexity index is 770. The lowest BCUT2D eigenvalue weighted by atomic mass is 10.2. The Morgan fingerprint density at radius 1 is 1.23 bits per heavy atom. The van der Waals surface area contributed by atoms with Crippen LogP contribution in [0, 0.1) is 0 Å². The van der Waals surface area contributed by atoms with E-state index in [0.29, 0.717) is 9.93 Å². The average Bonchev–Trinajstić information content (AvgIpc) is 3.00. The first-order chi connectivity index (χ1) is 10.5. The second-order valence-corrected chi connectivity index (χ2v) is 7.85.